The van der Waals surface area contributed by atoms with Crippen LogP contribution in [0.15, 0.2) is 72.9 Å². The van der Waals surface area contributed by atoms with Crippen LogP contribution in [0.3, 0.4) is 0 Å². The van der Waals surface area contributed by atoms with Crippen molar-refractivity contribution >= 4 is 11.8 Å². The lowest BCUT2D eigenvalue weighted by atomic mass is 9.78. The molecule has 7 nitrogen and oxygen atoms in total. The molecule has 1 fully saturated rings. The van der Waals surface area contributed by atoms with Gasteiger partial charge in [0.1, 0.15) is 11.4 Å². The fourth-order valence-electron chi connectivity index (χ4n) is 4.22. The molecule has 4 rings (SSSR count). The van der Waals surface area contributed by atoms with E-state index in [-0.39, 0.29) is 24.8 Å². The van der Waals surface area contributed by atoms with E-state index in [4.69, 9.17) is 4.74 Å². The van der Waals surface area contributed by atoms with E-state index in [2.05, 4.69) is 10.3 Å². The zero-order valence-electron chi connectivity index (χ0n) is 18.0. The van der Waals surface area contributed by atoms with E-state index in [0.29, 0.717) is 18.7 Å². The summed E-state index contributed by atoms with van der Waals surface area (Å²) in [6.07, 6.45) is 1.36. The van der Waals surface area contributed by atoms with Crippen molar-refractivity contribution in [3.05, 3.63) is 89.7 Å². The Morgan fingerprint density at radius 3 is 2.50 bits per heavy atom. The number of H-pyrrole nitrogens is 1. The second kappa shape index (κ2) is 9.28. The van der Waals surface area contributed by atoms with Gasteiger partial charge in [-0.15, -0.1) is 0 Å². The Labute approximate surface area is 187 Å². The predicted octanol–water partition coefficient (Wildman–Crippen LogP) is 2.48. The summed E-state index contributed by atoms with van der Waals surface area (Å²) in [7, 11) is 1.60. The van der Waals surface area contributed by atoms with Gasteiger partial charge in [0.25, 0.3) is 5.91 Å². The average Bonchev–Trinajstić information content (AvgIpc) is 3.37. The number of ether oxygens (including phenoxy) is 1. The highest BCUT2D eigenvalue weighted by Gasteiger charge is 2.46. The minimum absolute atomic E-state index is 0.0634. The molecule has 2 heterocycles. The maximum atomic E-state index is 12.9. The van der Waals surface area contributed by atoms with Crippen molar-refractivity contribution in [2.45, 2.75) is 24.5 Å². The Hall–Kier alpha value is -3.58. The minimum Gasteiger partial charge on any atom is -0.497 e. The van der Waals surface area contributed by atoms with Gasteiger partial charge in [0.15, 0.2) is 0 Å². The summed E-state index contributed by atoms with van der Waals surface area (Å²) in [5.41, 5.74) is 1.13. The molecule has 0 radical (unpaired) electrons. The second-order valence-electron chi connectivity index (χ2n) is 8.01. The van der Waals surface area contributed by atoms with Gasteiger partial charge in [-0.25, -0.2) is 0 Å². The van der Waals surface area contributed by atoms with Crippen LogP contribution in [0.4, 0.5) is 0 Å². The smallest absolute Gasteiger partial charge is 0.268 e. The van der Waals surface area contributed by atoms with Gasteiger partial charge in [-0.05, 0) is 41.8 Å². The summed E-state index contributed by atoms with van der Waals surface area (Å²) in [5, 5.41) is 14.3. The Bertz CT molecular complexity index is 1050. The molecule has 1 saturated heterocycles. The quantitative estimate of drug-likeness (QED) is 0.557. The monoisotopic (exact) mass is 433 g/mol. The van der Waals surface area contributed by atoms with Gasteiger partial charge in [0.2, 0.25) is 5.91 Å². The summed E-state index contributed by atoms with van der Waals surface area (Å²) in [6, 6.07) is 20.3. The maximum Gasteiger partial charge on any atom is 0.268 e. The lowest BCUT2D eigenvalue weighted by Crippen LogP contribution is -2.62. The molecule has 2 atom stereocenters. The van der Waals surface area contributed by atoms with Crippen LogP contribution in [0.5, 0.6) is 5.75 Å². The van der Waals surface area contributed by atoms with Crippen molar-refractivity contribution in [1.29, 1.82) is 0 Å². The summed E-state index contributed by atoms with van der Waals surface area (Å²) >= 11 is 0. The van der Waals surface area contributed by atoms with Crippen molar-refractivity contribution in [3.63, 3.8) is 0 Å². The summed E-state index contributed by atoms with van der Waals surface area (Å²) < 4.78 is 5.16. The molecule has 1 aliphatic heterocycles. The first-order valence-corrected chi connectivity index (χ1v) is 10.6. The van der Waals surface area contributed by atoms with Crippen LogP contribution >= 0.6 is 0 Å². The highest BCUT2D eigenvalue weighted by atomic mass is 16.5. The number of nitrogens with one attached hydrogen (secondary N) is 2. The van der Waals surface area contributed by atoms with E-state index in [1.54, 1.807) is 30.3 Å². The van der Waals surface area contributed by atoms with E-state index < -0.39 is 11.6 Å². The number of methoxy groups -OCH3 is 1. The zero-order valence-corrected chi connectivity index (χ0v) is 18.0. The second-order valence-corrected chi connectivity index (χ2v) is 8.01. The van der Waals surface area contributed by atoms with Crippen LogP contribution in [0, 0.1) is 0 Å². The third kappa shape index (κ3) is 4.38. The number of β-amino-alcohol motifs (C(OH)–C–C–N with tert-alkyl or cyclic N) is 1. The van der Waals surface area contributed by atoms with Crippen LogP contribution in [0.2, 0.25) is 0 Å². The average molecular weight is 434 g/mol. The molecule has 0 aliphatic carbocycles. The number of hydrogen-bond acceptors (Lipinski definition) is 4. The number of likely N-dealkylation sites (tertiary alicyclic amines) is 1. The van der Waals surface area contributed by atoms with Crippen LogP contribution in [-0.4, -0.2) is 53.1 Å². The molecule has 0 spiro atoms. The lowest BCUT2D eigenvalue weighted by Gasteiger charge is -2.46. The number of aromatic nitrogens is 1. The predicted molar refractivity (Wildman–Crippen MR) is 120 cm³/mol. The van der Waals surface area contributed by atoms with E-state index in [1.165, 1.54) is 0 Å². The molecule has 1 aromatic heterocycles. The third-order valence-corrected chi connectivity index (χ3v) is 6.07. The van der Waals surface area contributed by atoms with Crippen molar-refractivity contribution < 1.29 is 19.4 Å². The number of aliphatic hydroxyl groups excluding tert-OH is 1. The van der Waals surface area contributed by atoms with Gasteiger partial charge in [-0.1, -0.05) is 42.5 Å². The summed E-state index contributed by atoms with van der Waals surface area (Å²) in [5.74, 6) is 0.377. The van der Waals surface area contributed by atoms with E-state index >= 15 is 0 Å². The summed E-state index contributed by atoms with van der Waals surface area (Å²) in [4.78, 5) is 30.3. The number of aliphatic hydroxyl groups is 1. The highest BCUT2D eigenvalue weighted by Crippen LogP contribution is 2.34. The largest absolute Gasteiger partial charge is 0.497 e. The standard InChI is InChI=1S/C25H27N3O4/c1-32-20-11-9-18(10-12-20)16-23(30)28-15-13-25(22(29)17-28,19-6-3-2-4-7-19)27-24(31)21-8-5-14-26-21/h2-12,14,22,26,29H,13,15-17H2,1H3,(H,27,31)/t22-,25+/m1/s1. The molecule has 32 heavy (non-hydrogen) atoms. The number of carbonyl (C=O) groups excluding carboxylic acids is 2. The Morgan fingerprint density at radius 1 is 1.12 bits per heavy atom. The molecule has 0 saturated carbocycles. The molecule has 0 unspecified atom stereocenters. The van der Waals surface area contributed by atoms with E-state index in [9.17, 15) is 14.7 Å². The van der Waals surface area contributed by atoms with E-state index in [0.717, 1.165) is 16.9 Å². The first-order valence-electron chi connectivity index (χ1n) is 10.6. The van der Waals surface area contributed by atoms with Gasteiger partial charge in [0, 0.05) is 19.3 Å². The number of nitrogens with zero attached hydrogens (tertiary/aromatic N) is 1. The normalized spacial score (nSPS) is 20.6. The zero-order chi connectivity index (χ0) is 22.6. The molecular weight excluding hydrogens is 406 g/mol. The van der Waals surface area contributed by atoms with Crippen LogP contribution in [0.1, 0.15) is 28.0 Å². The Balaban J connectivity index is 1.51. The van der Waals surface area contributed by atoms with Gasteiger partial charge >= 0.3 is 0 Å². The van der Waals surface area contributed by atoms with Crippen molar-refractivity contribution in [3.8, 4) is 5.75 Å². The highest BCUT2D eigenvalue weighted by molar-refractivity contribution is 5.93. The van der Waals surface area contributed by atoms with Crippen LogP contribution in [-0.2, 0) is 16.8 Å². The van der Waals surface area contributed by atoms with Gasteiger partial charge in [-0.3, -0.25) is 9.59 Å². The van der Waals surface area contributed by atoms with Crippen molar-refractivity contribution in [1.82, 2.24) is 15.2 Å². The molecule has 166 valence electrons. The number of rotatable bonds is 6. The van der Waals surface area contributed by atoms with Gasteiger partial charge < -0.3 is 25.0 Å². The molecule has 7 heteroatoms. The fraction of sp³-hybridized carbons (Fsp3) is 0.280. The van der Waals surface area contributed by atoms with Crippen molar-refractivity contribution in [2.75, 3.05) is 20.2 Å². The lowest BCUT2D eigenvalue weighted by molar-refractivity contribution is -0.136. The first kappa shape index (κ1) is 21.6. The van der Waals surface area contributed by atoms with E-state index in [1.807, 2.05) is 54.6 Å². The summed E-state index contributed by atoms with van der Waals surface area (Å²) in [6.45, 7) is 0.556. The molecule has 3 N–H and O–H groups in total. The molecular formula is C25H27N3O4. The van der Waals surface area contributed by atoms with Crippen LogP contribution < -0.4 is 10.1 Å². The SMILES string of the molecule is COc1ccc(CC(=O)N2CC[C@](NC(=O)c3ccc[nH]3)(c3ccccc3)[C@H](O)C2)cc1. The molecule has 2 aromatic carbocycles. The molecule has 1 aliphatic rings. The van der Waals surface area contributed by atoms with Crippen LogP contribution in [0.25, 0.3) is 0 Å². The third-order valence-electron chi connectivity index (χ3n) is 6.07. The molecule has 2 amide bonds. The maximum absolute atomic E-state index is 12.9. The van der Waals surface area contributed by atoms with Gasteiger partial charge in [0.05, 0.1) is 25.2 Å². The van der Waals surface area contributed by atoms with Crippen molar-refractivity contribution in [2.24, 2.45) is 0 Å². The Kier molecular flexibility index (Phi) is 6.28. The number of hydrogen-bond donors (Lipinski definition) is 3. The topological polar surface area (TPSA) is 94.7 Å². The fourth-order valence-corrected chi connectivity index (χ4v) is 4.22. The Morgan fingerprint density at radius 2 is 1.88 bits per heavy atom. The number of piperidine rings is 1. The molecule has 0 bridgehead atoms. The first-order chi connectivity index (χ1) is 15.5. The van der Waals surface area contributed by atoms with Gasteiger partial charge in [-0.2, -0.15) is 0 Å². The number of aromatic amines is 1. The molecule has 3 aromatic rings. The number of benzene rings is 2. The number of amides is 2. The number of carbonyl (C=O) groups is 2. The minimum atomic E-state index is -0.986.